The van der Waals surface area contributed by atoms with Crippen LogP contribution in [-0.4, -0.2) is 90.9 Å². The Morgan fingerprint density at radius 2 is 1.66 bits per heavy atom. The number of benzene rings is 2. The summed E-state index contributed by atoms with van der Waals surface area (Å²) in [6.45, 7) is 6.29. The molecule has 0 atom stereocenters. The van der Waals surface area contributed by atoms with Crippen molar-refractivity contribution >= 4 is 29.3 Å². The molecule has 2 saturated heterocycles. The Bertz CT molecular complexity index is 971. The van der Waals surface area contributed by atoms with Gasteiger partial charge in [0.25, 0.3) is 0 Å². The van der Waals surface area contributed by atoms with E-state index < -0.39 is 0 Å². The summed E-state index contributed by atoms with van der Waals surface area (Å²) >= 11 is 2.01. The largest absolute Gasteiger partial charge is 0.497 e. The highest BCUT2D eigenvalue weighted by atomic mass is 32.2. The van der Waals surface area contributed by atoms with Crippen LogP contribution in [0.3, 0.4) is 0 Å². The van der Waals surface area contributed by atoms with Gasteiger partial charge in [-0.2, -0.15) is 11.8 Å². The molecule has 2 aliphatic heterocycles. The summed E-state index contributed by atoms with van der Waals surface area (Å²) in [4.78, 5) is 31.8. The first-order valence-corrected chi connectivity index (χ1v) is 13.6. The number of aryl methyl sites for hydroxylation is 1. The van der Waals surface area contributed by atoms with Crippen LogP contribution < -0.4 is 10.1 Å². The molecular formula is C27H36N4O3S. The minimum absolute atomic E-state index is 0.00388. The average molecular weight is 497 g/mol. The number of rotatable bonds is 9. The Morgan fingerprint density at radius 3 is 2.37 bits per heavy atom. The van der Waals surface area contributed by atoms with Crippen LogP contribution in [0.4, 0.5) is 5.69 Å². The number of anilines is 1. The van der Waals surface area contributed by atoms with Crippen molar-refractivity contribution in [3.63, 3.8) is 0 Å². The van der Waals surface area contributed by atoms with Gasteiger partial charge in [-0.15, -0.1) is 0 Å². The molecule has 0 aromatic heterocycles. The number of nitrogens with one attached hydrogen (secondary N) is 1. The SMILES string of the molecule is COc1ccc(CCC(=O)N2CCN(CC(=O)Nc3cccc(CN4CCSCC4)c3)CC2)cc1. The predicted molar refractivity (Wildman–Crippen MR) is 142 cm³/mol. The van der Waals surface area contributed by atoms with Crippen molar-refractivity contribution in [3.05, 3.63) is 59.7 Å². The van der Waals surface area contributed by atoms with Crippen molar-refractivity contribution in [1.29, 1.82) is 0 Å². The lowest BCUT2D eigenvalue weighted by molar-refractivity contribution is -0.133. The summed E-state index contributed by atoms with van der Waals surface area (Å²) in [5.74, 6) is 3.38. The number of hydrogen-bond donors (Lipinski definition) is 1. The van der Waals surface area contributed by atoms with Gasteiger partial charge < -0.3 is 15.0 Å². The number of carbonyl (C=O) groups excluding carboxylic acids is 2. The highest BCUT2D eigenvalue weighted by molar-refractivity contribution is 7.99. The van der Waals surface area contributed by atoms with Crippen molar-refractivity contribution < 1.29 is 14.3 Å². The van der Waals surface area contributed by atoms with Gasteiger partial charge in [0.15, 0.2) is 0 Å². The molecule has 2 aromatic rings. The van der Waals surface area contributed by atoms with Gasteiger partial charge >= 0.3 is 0 Å². The maximum absolute atomic E-state index is 12.6. The van der Waals surface area contributed by atoms with Gasteiger partial charge in [-0.05, 0) is 41.8 Å². The Labute approximate surface area is 212 Å². The van der Waals surface area contributed by atoms with Crippen LogP contribution >= 0.6 is 11.8 Å². The fourth-order valence-corrected chi connectivity index (χ4v) is 5.50. The third-order valence-corrected chi connectivity index (χ3v) is 7.54. The van der Waals surface area contributed by atoms with Gasteiger partial charge in [0.2, 0.25) is 11.8 Å². The van der Waals surface area contributed by atoms with Gasteiger partial charge in [0.05, 0.1) is 13.7 Å². The molecule has 0 spiro atoms. The number of nitrogens with zero attached hydrogens (tertiary/aromatic N) is 3. The zero-order valence-electron chi connectivity index (χ0n) is 20.6. The van der Waals surface area contributed by atoms with E-state index in [1.54, 1.807) is 7.11 Å². The maximum atomic E-state index is 12.6. The first kappa shape index (κ1) is 25.5. The molecule has 2 heterocycles. The van der Waals surface area contributed by atoms with Gasteiger partial charge in [-0.1, -0.05) is 24.3 Å². The molecule has 1 N–H and O–H groups in total. The Balaban J connectivity index is 1.17. The zero-order valence-corrected chi connectivity index (χ0v) is 21.4. The van der Waals surface area contributed by atoms with E-state index in [2.05, 4.69) is 27.2 Å². The summed E-state index contributed by atoms with van der Waals surface area (Å²) in [6, 6.07) is 16.0. The van der Waals surface area contributed by atoms with Crippen LogP contribution in [0.5, 0.6) is 5.75 Å². The number of carbonyl (C=O) groups is 2. The monoisotopic (exact) mass is 496 g/mol. The minimum atomic E-state index is -0.00388. The summed E-state index contributed by atoms with van der Waals surface area (Å²) in [5, 5.41) is 3.05. The normalized spacial score (nSPS) is 17.2. The predicted octanol–water partition coefficient (Wildman–Crippen LogP) is 2.96. The molecule has 0 aliphatic carbocycles. The second-order valence-corrected chi connectivity index (χ2v) is 10.4. The Morgan fingerprint density at radius 1 is 0.914 bits per heavy atom. The molecule has 2 aromatic carbocycles. The molecular weight excluding hydrogens is 460 g/mol. The lowest BCUT2D eigenvalue weighted by Gasteiger charge is -2.34. The molecule has 2 aliphatic rings. The summed E-state index contributed by atoms with van der Waals surface area (Å²) < 4.78 is 5.18. The van der Waals surface area contributed by atoms with E-state index in [0.717, 1.165) is 43.1 Å². The fraction of sp³-hybridized carbons (Fsp3) is 0.481. The van der Waals surface area contributed by atoms with Crippen molar-refractivity contribution in [2.24, 2.45) is 0 Å². The van der Waals surface area contributed by atoms with Crippen molar-refractivity contribution in [2.45, 2.75) is 19.4 Å². The summed E-state index contributed by atoms with van der Waals surface area (Å²) in [5.41, 5.74) is 3.22. The smallest absolute Gasteiger partial charge is 0.238 e. The molecule has 0 unspecified atom stereocenters. The first-order chi connectivity index (χ1) is 17.1. The number of ether oxygens (including phenoxy) is 1. The first-order valence-electron chi connectivity index (χ1n) is 12.4. The maximum Gasteiger partial charge on any atom is 0.238 e. The van der Waals surface area contributed by atoms with Gasteiger partial charge in [0.1, 0.15) is 5.75 Å². The average Bonchev–Trinajstić information content (AvgIpc) is 2.89. The number of thioether (sulfide) groups is 1. The second-order valence-electron chi connectivity index (χ2n) is 9.14. The Hall–Kier alpha value is -2.55. The molecule has 0 radical (unpaired) electrons. The molecule has 2 fully saturated rings. The molecule has 4 rings (SSSR count). The van der Waals surface area contributed by atoms with Crippen LogP contribution in [0.25, 0.3) is 0 Å². The highest BCUT2D eigenvalue weighted by Gasteiger charge is 2.22. The highest BCUT2D eigenvalue weighted by Crippen LogP contribution is 2.17. The van der Waals surface area contributed by atoms with Crippen LogP contribution in [0.2, 0.25) is 0 Å². The fourth-order valence-electron chi connectivity index (χ4n) is 4.53. The molecule has 188 valence electrons. The topological polar surface area (TPSA) is 65.1 Å². The standard InChI is InChI=1S/C27H36N4O3S/c1-34-25-8-5-22(6-9-25)7-10-27(33)31-13-11-29(12-14-31)21-26(32)28-24-4-2-3-23(19-24)20-30-15-17-35-18-16-30/h2-6,8-9,19H,7,10-18,20-21H2,1H3,(H,28,32). The Kier molecular flexibility index (Phi) is 9.45. The van der Waals surface area contributed by atoms with Crippen LogP contribution in [-0.2, 0) is 22.6 Å². The molecule has 0 bridgehead atoms. The zero-order chi connectivity index (χ0) is 24.5. The third kappa shape index (κ3) is 7.98. The molecule has 7 nitrogen and oxygen atoms in total. The van der Waals surface area contributed by atoms with Gasteiger partial charge in [0, 0.05) is 69.4 Å². The lowest BCUT2D eigenvalue weighted by atomic mass is 10.1. The van der Waals surface area contributed by atoms with Crippen molar-refractivity contribution in [2.75, 3.05) is 69.7 Å². The van der Waals surface area contributed by atoms with Crippen molar-refractivity contribution in [1.82, 2.24) is 14.7 Å². The van der Waals surface area contributed by atoms with E-state index in [-0.39, 0.29) is 11.8 Å². The van der Waals surface area contributed by atoms with Crippen LogP contribution in [0.1, 0.15) is 17.5 Å². The quantitative estimate of drug-likeness (QED) is 0.576. The molecule has 2 amide bonds. The van der Waals surface area contributed by atoms with Crippen LogP contribution in [0, 0.1) is 0 Å². The van der Waals surface area contributed by atoms with E-state index in [9.17, 15) is 9.59 Å². The minimum Gasteiger partial charge on any atom is -0.497 e. The number of hydrogen-bond acceptors (Lipinski definition) is 6. The number of piperazine rings is 1. The van der Waals surface area contributed by atoms with Gasteiger partial charge in [-0.25, -0.2) is 0 Å². The van der Waals surface area contributed by atoms with E-state index >= 15 is 0 Å². The second kappa shape index (κ2) is 13.0. The molecule has 35 heavy (non-hydrogen) atoms. The van der Waals surface area contributed by atoms with E-state index in [1.807, 2.05) is 53.1 Å². The number of methoxy groups -OCH3 is 1. The van der Waals surface area contributed by atoms with E-state index in [1.165, 1.54) is 17.1 Å². The number of amides is 2. The van der Waals surface area contributed by atoms with E-state index in [0.29, 0.717) is 39.1 Å². The summed E-state index contributed by atoms with van der Waals surface area (Å²) in [6.07, 6.45) is 1.22. The lowest BCUT2D eigenvalue weighted by Crippen LogP contribution is -2.50. The molecule has 8 heteroatoms. The van der Waals surface area contributed by atoms with E-state index in [4.69, 9.17) is 4.74 Å². The molecule has 0 saturated carbocycles. The van der Waals surface area contributed by atoms with Crippen molar-refractivity contribution in [3.8, 4) is 5.75 Å². The van der Waals surface area contributed by atoms with Gasteiger partial charge in [-0.3, -0.25) is 19.4 Å². The van der Waals surface area contributed by atoms with Crippen LogP contribution in [0.15, 0.2) is 48.5 Å². The third-order valence-electron chi connectivity index (χ3n) is 6.60. The summed E-state index contributed by atoms with van der Waals surface area (Å²) in [7, 11) is 1.65.